The van der Waals surface area contributed by atoms with E-state index in [1.54, 1.807) is 0 Å². The van der Waals surface area contributed by atoms with Crippen LogP contribution in [0.15, 0.2) is 75.7 Å². The van der Waals surface area contributed by atoms with Crippen LogP contribution in [0.4, 0.5) is 0 Å². The van der Waals surface area contributed by atoms with Crippen molar-refractivity contribution < 1.29 is 0 Å². The average Bonchev–Trinajstić information content (AvgIpc) is 2.87. The van der Waals surface area contributed by atoms with Crippen LogP contribution >= 0.6 is 31.9 Å². The van der Waals surface area contributed by atoms with Gasteiger partial charge < -0.3 is 0 Å². The van der Waals surface area contributed by atoms with Crippen molar-refractivity contribution in [3.05, 3.63) is 92.4 Å². The Balaban J connectivity index is 2.06. The minimum absolute atomic E-state index is 0.296. The van der Waals surface area contributed by atoms with Gasteiger partial charge in [0.05, 0.1) is 0 Å². The van der Waals surface area contributed by atoms with Gasteiger partial charge >= 0.3 is 0 Å². The van der Waals surface area contributed by atoms with Crippen LogP contribution in [0.1, 0.15) is 22.6 Å². The van der Waals surface area contributed by atoms with Gasteiger partial charge in [-0.2, -0.15) is 0 Å². The van der Waals surface area contributed by atoms with Gasteiger partial charge in [-0.25, -0.2) is 0 Å². The van der Waals surface area contributed by atoms with Crippen molar-refractivity contribution in [3.63, 3.8) is 0 Å². The summed E-state index contributed by atoms with van der Waals surface area (Å²) in [5.74, 6) is 0.296. The van der Waals surface area contributed by atoms with Crippen LogP contribution < -0.4 is 0 Å². The van der Waals surface area contributed by atoms with E-state index < -0.39 is 0 Å². The zero-order valence-electron chi connectivity index (χ0n) is 11.2. The maximum absolute atomic E-state index is 3.78. The third kappa shape index (κ3) is 2.01. The maximum Gasteiger partial charge on any atom is 0.0365 e. The van der Waals surface area contributed by atoms with Gasteiger partial charge in [-0.15, -0.1) is 0 Å². The maximum atomic E-state index is 3.78. The molecule has 0 aliphatic heterocycles. The fourth-order valence-electron chi connectivity index (χ4n) is 3.22. The molecule has 1 aliphatic rings. The predicted molar refractivity (Wildman–Crippen MR) is 94.7 cm³/mol. The van der Waals surface area contributed by atoms with Crippen molar-refractivity contribution in [1.29, 1.82) is 0 Å². The first-order valence-corrected chi connectivity index (χ1v) is 8.48. The number of fused-ring (bicyclic) bond motifs is 3. The highest BCUT2D eigenvalue weighted by atomic mass is 79.9. The molecular formula is C19H12Br2. The lowest BCUT2D eigenvalue weighted by molar-refractivity contribution is 1.01. The standard InChI is InChI=1S/C19H12Br2/c20-16-11-10-15-13-8-4-5-9-14(13)17(18(15)19(16)21)12-6-2-1-3-7-12/h1-11,17H. The minimum Gasteiger partial charge on any atom is -0.0622 e. The molecule has 4 rings (SSSR count). The molecule has 1 aliphatic carbocycles. The Morgan fingerprint density at radius 1 is 0.667 bits per heavy atom. The summed E-state index contributed by atoms with van der Waals surface area (Å²) in [5.41, 5.74) is 6.75. The quantitative estimate of drug-likeness (QED) is 0.348. The molecule has 0 N–H and O–H groups in total. The van der Waals surface area contributed by atoms with Crippen molar-refractivity contribution in [2.75, 3.05) is 0 Å². The lowest BCUT2D eigenvalue weighted by atomic mass is 9.89. The Morgan fingerprint density at radius 2 is 1.38 bits per heavy atom. The molecule has 2 heteroatoms. The number of hydrogen-bond donors (Lipinski definition) is 0. The molecule has 0 bridgehead atoms. The second-order valence-corrected chi connectivity index (χ2v) is 6.90. The summed E-state index contributed by atoms with van der Waals surface area (Å²) in [4.78, 5) is 0. The van der Waals surface area contributed by atoms with E-state index in [0.29, 0.717) is 5.92 Å². The molecule has 0 fully saturated rings. The zero-order valence-corrected chi connectivity index (χ0v) is 14.4. The van der Waals surface area contributed by atoms with Crippen LogP contribution in [0.25, 0.3) is 11.1 Å². The second-order valence-electron chi connectivity index (χ2n) is 5.25. The van der Waals surface area contributed by atoms with Crippen molar-refractivity contribution in [3.8, 4) is 11.1 Å². The SMILES string of the molecule is Brc1ccc2c(c1Br)C(c1ccccc1)c1ccccc1-2. The molecule has 0 spiro atoms. The molecule has 1 atom stereocenters. The first kappa shape index (κ1) is 13.3. The smallest absolute Gasteiger partial charge is 0.0365 e. The average molecular weight is 400 g/mol. The predicted octanol–water partition coefficient (Wildman–Crippen LogP) is 6.37. The van der Waals surface area contributed by atoms with Gasteiger partial charge in [-0.05, 0) is 65.7 Å². The van der Waals surface area contributed by atoms with E-state index in [4.69, 9.17) is 0 Å². The molecule has 0 heterocycles. The van der Waals surface area contributed by atoms with Crippen LogP contribution in [-0.4, -0.2) is 0 Å². The molecule has 3 aromatic carbocycles. The van der Waals surface area contributed by atoms with Crippen molar-refractivity contribution >= 4 is 31.9 Å². The molecule has 0 saturated heterocycles. The van der Waals surface area contributed by atoms with Crippen molar-refractivity contribution in [2.24, 2.45) is 0 Å². The molecule has 0 radical (unpaired) electrons. The molecule has 102 valence electrons. The highest BCUT2D eigenvalue weighted by Gasteiger charge is 2.31. The van der Waals surface area contributed by atoms with Gasteiger partial charge in [0, 0.05) is 14.9 Å². The highest BCUT2D eigenvalue weighted by molar-refractivity contribution is 9.13. The lowest BCUT2D eigenvalue weighted by Crippen LogP contribution is -2.00. The summed E-state index contributed by atoms with van der Waals surface area (Å²) in [6.07, 6.45) is 0. The van der Waals surface area contributed by atoms with Crippen LogP contribution in [0.2, 0.25) is 0 Å². The van der Waals surface area contributed by atoms with Crippen molar-refractivity contribution in [1.82, 2.24) is 0 Å². The van der Waals surface area contributed by atoms with Crippen molar-refractivity contribution in [2.45, 2.75) is 5.92 Å². The third-order valence-corrected chi connectivity index (χ3v) is 6.16. The van der Waals surface area contributed by atoms with Crippen LogP contribution in [-0.2, 0) is 0 Å². The van der Waals surface area contributed by atoms with Gasteiger partial charge in [-0.1, -0.05) is 60.7 Å². The second kappa shape index (κ2) is 5.11. The monoisotopic (exact) mass is 398 g/mol. The highest BCUT2D eigenvalue weighted by Crippen LogP contribution is 2.51. The molecule has 21 heavy (non-hydrogen) atoms. The molecule has 3 aromatic rings. The van der Waals surface area contributed by atoms with E-state index in [1.165, 1.54) is 27.8 Å². The summed E-state index contributed by atoms with van der Waals surface area (Å²) < 4.78 is 2.26. The summed E-state index contributed by atoms with van der Waals surface area (Å²) in [5, 5.41) is 0. The van der Waals surface area contributed by atoms with Gasteiger partial charge in [0.2, 0.25) is 0 Å². The third-order valence-electron chi connectivity index (χ3n) is 4.12. The summed E-state index contributed by atoms with van der Waals surface area (Å²) in [7, 11) is 0. The van der Waals surface area contributed by atoms with E-state index in [2.05, 4.69) is 98.6 Å². The van der Waals surface area contributed by atoms with E-state index in [-0.39, 0.29) is 0 Å². The molecule has 0 saturated carbocycles. The Kier molecular flexibility index (Phi) is 3.24. The Hall–Kier alpha value is -1.38. The summed E-state index contributed by atoms with van der Waals surface area (Å²) >= 11 is 7.43. The lowest BCUT2D eigenvalue weighted by Gasteiger charge is -2.16. The van der Waals surface area contributed by atoms with Gasteiger partial charge in [0.1, 0.15) is 0 Å². The zero-order chi connectivity index (χ0) is 14.4. The van der Waals surface area contributed by atoms with Gasteiger partial charge in [-0.3, -0.25) is 0 Å². The number of benzene rings is 3. The largest absolute Gasteiger partial charge is 0.0622 e. The topological polar surface area (TPSA) is 0 Å². The van der Waals surface area contributed by atoms with E-state index >= 15 is 0 Å². The number of rotatable bonds is 1. The molecule has 1 unspecified atom stereocenters. The van der Waals surface area contributed by atoms with Crippen LogP contribution in [0.3, 0.4) is 0 Å². The number of hydrogen-bond acceptors (Lipinski definition) is 0. The number of halogens is 2. The van der Waals surface area contributed by atoms with Crippen LogP contribution in [0.5, 0.6) is 0 Å². The Bertz CT molecular complexity index is 822. The normalized spacial score (nSPS) is 15.6. The van der Waals surface area contributed by atoms with E-state index in [1.807, 2.05) is 0 Å². The first-order chi connectivity index (χ1) is 10.3. The summed E-state index contributed by atoms with van der Waals surface area (Å²) in [6, 6.07) is 23.8. The molecular weight excluding hydrogens is 388 g/mol. The molecule has 0 nitrogen and oxygen atoms in total. The molecule has 0 amide bonds. The summed E-state index contributed by atoms with van der Waals surface area (Å²) in [6.45, 7) is 0. The van der Waals surface area contributed by atoms with Gasteiger partial charge in [0.15, 0.2) is 0 Å². The van der Waals surface area contributed by atoms with E-state index in [9.17, 15) is 0 Å². The first-order valence-electron chi connectivity index (χ1n) is 6.89. The molecule has 0 aromatic heterocycles. The van der Waals surface area contributed by atoms with Gasteiger partial charge in [0.25, 0.3) is 0 Å². The minimum atomic E-state index is 0.296. The van der Waals surface area contributed by atoms with Crippen LogP contribution in [0, 0.1) is 0 Å². The Labute approximate surface area is 141 Å². The fraction of sp³-hybridized carbons (Fsp3) is 0.0526. The Morgan fingerprint density at radius 3 is 2.19 bits per heavy atom. The fourth-order valence-corrected chi connectivity index (χ4v) is 4.15. The van der Waals surface area contributed by atoms with E-state index in [0.717, 1.165) is 8.95 Å².